The number of amides is 2. The van der Waals surface area contributed by atoms with Crippen molar-refractivity contribution in [1.29, 1.82) is 0 Å². The fourth-order valence-electron chi connectivity index (χ4n) is 2.57. The fourth-order valence-corrected chi connectivity index (χ4v) is 3.94. The number of nitrogen functional groups attached to an aromatic ring is 1. The Hall–Kier alpha value is -1.79. The third kappa shape index (κ3) is 2.45. The molecule has 0 saturated carbocycles. The normalized spacial score (nSPS) is 18.3. The number of likely N-dealkylation sites (tertiary alicyclic amines) is 1. The van der Waals surface area contributed by atoms with E-state index in [1.165, 1.54) is 11.3 Å². The second kappa shape index (κ2) is 5.20. The fraction of sp³-hybridized carbons (Fsp3) is 0.286. The summed E-state index contributed by atoms with van der Waals surface area (Å²) < 4.78 is 0.883. The standard InChI is InChI=1S/C14H14ClN3O2S/c15-8-1-2-9-10(5-8)21-12(11(9)16)14(20)18-4-3-7(6-18)13(17)19/h1-2,5,7H,3-4,6,16H2,(H2,17,19). The van der Waals surface area contributed by atoms with Crippen LogP contribution in [0.2, 0.25) is 5.02 Å². The maximum atomic E-state index is 12.6. The van der Waals surface area contributed by atoms with Crippen molar-refractivity contribution in [3.63, 3.8) is 0 Å². The first-order valence-corrected chi connectivity index (χ1v) is 7.73. The molecule has 7 heteroatoms. The van der Waals surface area contributed by atoms with Crippen molar-refractivity contribution >= 4 is 50.5 Å². The largest absolute Gasteiger partial charge is 0.397 e. The van der Waals surface area contributed by atoms with Crippen LogP contribution in [0.25, 0.3) is 10.1 Å². The van der Waals surface area contributed by atoms with Crippen LogP contribution in [0, 0.1) is 5.92 Å². The Balaban J connectivity index is 1.92. The topological polar surface area (TPSA) is 89.4 Å². The molecule has 21 heavy (non-hydrogen) atoms. The molecule has 1 saturated heterocycles. The number of benzene rings is 1. The molecule has 3 rings (SSSR count). The number of fused-ring (bicyclic) bond motifs is 1. The molecule has 1 aliphatic rings. The number of halogens is 1. The summed E-state index contributed by atoms with van der Waals surface area (Å²) in [5, 5.41) is 1.44. The van der Waals surface area contributed by atoms with Crippen LogP contribution in [0.4, 0.5) is 5.69 Å². The van der Waals surface area contributed by atoms with E-state index >= 15 is 0 Å². The molecule has 0 spiro atoms. The molecule has 1 aliphatic heterocycles. The van der Waals surface area contributed by atoms with Gasteiger partial charge in [-0.15, -0.1) is 11.3 Å². The molecule has 110 valence electrons. The minimum Gasteiger partial charge on any atom is -0.397 e. The number of hydrogen-bond donors (Lipinski definition) is 2. The van der Waals surface area contributed by atoms with Gasteiger partial charge in [0.15, 0.2) is 0 Å². The molecule has 0 bridgehead atoms. The van der Waals surface area contributed by atoms with E-state index in [-0.39, 0.29) is 17.7 Å². The highest BCUT2D eigenvalue weighted by Gasteiger charge is 2.31. The minimum absolute atomic E-state index is 0.145. The first kappa shape index (κ1) is 14.2. The average Bonchev–Trinajstić information content (AvgIpc) is 3.03. The third-order valence-corrected chi connectivity index (χ3v) is 5.15. The summed E-state index contributed by atoms with van der Waals surface area (Å²) in [5.41, 5.74) is 11.8. The van der Waals surface area contributed by atoms with Crippen molar-refractivity contribution in [3.05, 3.63) is 28.1 Å². The summed E-state index contributed by atoms with van der Waals surface area (Å²) in [4.78, 5) is 25.9. The van der Waals surface area contributed by atoms with Crippen molar-refractivity contribution in [3.8, 4) is 0 Å². The number of rotatable bonds is 2. The zero-order valence-electron chi connectivity index (χ0n) is 11.1. The molecule has 1 aromatic carbocycles. The summed E-state index contributed by atoms with van der Waals surface area (Å²) in [6.07, 6.45) is 0.609. The Labute approximate surface area is 130 Å². The second-order valence-corrected chi connectivity index (χ2v) is 6.61. The van der Waals surface area contributed by atoms with Crippen LogP contribution in [0.5, 0.6) is 0 Å². The van der Waals surface area contributed by atoms with Crippen molar-refractivity contribution in [2.45, 2.75) is 6.42 Å². The van der Waals surface area contributed by atoms with E-state index in [4.69, 9.17) is 23.1 Å². The monoisotopic (exact) mass is 323 g/mol. The van der Waals surface area contributed by atoms with Gasteiger partial charge < -0.3 is 16.4 Å². The van der Waals surface area contributed by atoms with Crippen LogP contribution < -0.4 is 11.5 Å². The average molecular weight is 324 g/mol. The van der Waals surface area contributed by atoms with Gasteiger partial charge in [0, 0.05) is 28.2 Å². The molecule has 0 radical (unpaired) electrons. The molecule has 1 atom stereocenters. The molecular formula is C14H14ClN3O2S. The maximum absolute atomic E-state index is 12.6. The number of nitrogens with two attached hydrogens (primary N) is 2. The van der Waals surface area contributed by atoms with Crippen LogP contribution in [-0.2, 0) is 4.79 Å². The third-order valence-electron chi connectivity index (χ3n) is 3.76. The van der Waals surface area contributed by atoms with E-state index in [2.05, 4.69) is 0 Å². The smallest absolute Gasteiger partial charge is 0.266 e. The number of carbonyl (C=O) groups is 2. The number of nitrogens with zero attached hydrogens (tertiary/aromatic N) is 1. The van der Waals surface area contributed by atoms with Crippen molar-refractivity contribution in [2.24, 2.45) is 11.7 Å². The van der Waals surface area contributed by atoms with Gasteiger partial charge in [0.1, 0.15) is 4.88 Å². The number of hydrogen-bond acceptors (Lipinski definition) is 4. The highest BCUT2D eigenvalue weighted by Crippen LogP contribution is 2.36. The lowest BCUT2D eigenvalue weighted by atomic mass is 10.1. The van der Waals surface area contributed by atoms with E-state index in [9.17, 15) is 9.59 Å². The van der Waals surface area contributed by atoms with Gasteiger partial charge >= 0.3 is 0 Å². The van der Waals surface area contributed by atoms with Crippen molar-refractivity contribution < 1.29 is 9.59 Å². The predicted molar refractivity (Wildman–Crippen MR) is 84.5 cm³/mol. The Morgan fingerprint density at radius 2 is 2.14 bits per heavy atom. The van der Waals surface area contributed by atoms with Gasteiger partial charge in [0.25, 0.3) is 5.91 Å². The molecule has 1 aromatic heterocycles. The first-order valence-electron chi connectivity index (χ1n) is 6.53. The Morgan fingerprint density at radius 1 is 1.38 bits per heavy atom. The number of primary amides is 1. The molecule has 5 nitrogen and oxygen atoms in total. The number of carbonyl (C=O) groups excluding carboxylic acids is 2. The quantitative estimate of drug-likeness (QED) is 0.886. The lowest BCUT2D eigenvalue weighted by Gasteiger charge is -2.15. The molecule has 2 heterocycles. The molecule has 1 fully saturated rings. The van der Waals surface area contributed by atoms with E-state index < -0.39 is 0 Å². The summed E-state index contributed by atoms with van der Waals surface area (Å²) in [6, 6.07) is 5.36. The zero-order chi connectivity index (χ0) is 15.1. The summed E-state index contributed by atoms with van der Waals surface area (Å²) in [7, 11) is 0. The van der Waals surface area contributed by atoms with Gasteiger partial charge in [-0.3, -0.25) is 9.59 Å². The van der Waals surface area contributed by atoms with Crippen LogP contribution in [-0.4, -0.2) is 29.8 Å². The second-order valence-electron chi connectivity index (χ2n) is 5.12. The van der Waals surface area contributed by atoms with Gasteiger partial charge in [-0.2, -0.15) is 0 Å². The van der Waals surface area contributed by atoms with Gasteiger partial charge in [0.05, 0.1) is 11.6 Å². The molecule has 1 unspecified atom stereocenters. The Kier molecular flexibility index (Phi) is 3.51. The Bertz CT molecular complexity index is 743. The minimum atomic E-state index is -0.360. The van der Waals surface area contributed by atoms with Gasteiger partial charge in [-0.25, -0.2) is 0 Å². The highest BCUT2D eigenvalue weighted by atomic mass is 35.5. The van der Waals surface area contributed by atoms with Gasteiger partial charge in [0.2, 0.25) is 5.91 Å². The molecule has 4 N–H and O–H groups in total. The van der Waals surface area contributed by atoms with Crippen molar-refractivity contribution in [2.75, 3.05) is 18.8 Å². The number of anilines is 1. The lowest BCUT2D eigenvalue weighted by Crippen LogP contribution is -2.31. The first-order chi connectivity index (χ1) is 9.97. The van der Waals surface area contributed by atoms with Crippen LogP contribution in [0.3, 0.4) is 0 Å². The van der Waals surface area contributed by atoms with Crippen LogP contribution in [0.15, 0.2) is 18.2 Å². The summed E-state index contributed by atoms with van der Waals surface area (Å²) in [5.74, 6) is -0.769. The van der Waals surface area contributed by atoms with Gasteiger partial charge in [-0.1, -0.05) is 11.6 Å². The molecular weight excluding hydrogens is 310 g/mol. The van der Waals surface area contributed by atoms with Gasteiger partial charge in [-0.05, 0) is 24.6 Å². The molecule has 0 aliphatic carbocycles. The molecule has 2 amide bonds. The van der Waals surface area contributed by atoms with E-state index in [0.29, 0.717) is 35.1 Å². The maximum Gasteiger partial charge on any atom is 0.266 e. The lowest BCUT2D eigenvalue weighted by molar-refractivity contribution is -0.121. The van der Waals surface area contributed by atoms with Crippen LogP contribution in [0.1, 0.15) is 16.1 Å². The highest BCUT2D eigenvalue weighted by molar-refractivity contribution is 7.21. The Morgan fingerprint density at radius 3 is 2.81 bits per heavy atom. The number of thiophene rings is 1. The molecule has 2 aromatic rings. The van der Waals surface area contributed by atoms with E-state index in [0.717, 1.165) is 10.1 Å². The van der Waals surface area contributed by atoms with E-state index in [1.807, 2.05) is 6.07 Å². The SMILES string of the molecule is NC(=O)C1CCN(C(=O)c2sc3cc(Cl)ccc3c2N)C1. The summed E-state index contributed by atoms with van der Waals surface area (Å²) >= 11 is 7.29. The predicted octanol–water partition coefficient (Wildman–Crippen LogP) is 2.08. The summed E-state index contributed by atoms with van der Waals surface area (Å²) in [6.45, 7) is 0.892. The van der Waals surface area contributed by atoms with Crippen LogP contribution >= 0.6 is 22.9 Å². The zero-order valence-corrected chi connectivity index (χ0v) is 12.7. The van der Waals surface area contributed by atoms with E-state index in [1.54, 1.807) is 17.0 Å². The van der Waals surface area contributed by atoms with Crippen molar-refractivity contribution in [1.82, 2.24) is 4.90 Å².